The second-order valence-corrected chi connectivity index (χ2v) is 19.3. The smallest absolute Gasteiger partial charge is 0.220 e. The van der Waals surface area contributed by atoms with Gasteiger partial charge in [-0.25, -0.2) is 0 Å². The van der Waals surface area contributed by atoms with Gasteiger partial charge in [0, 0.05) is 6.42 Å². The minimum Gasteiger partial charge on any atom is -0.394 e. The Kier molecular flexibility index (Phi) is 40.9. The van der Waals surface area contributed by atoms with Crippen LogP contribution in [0.5, 0.6) is 0 Å². The van der Waals surface area contributed by atoms with Gasteiger partial charge in [-0.1, -0.05) is 187 Å². The highest BCUT2D eigenvalue weighted by Gasteiger charge is 2.51. The van der Waals surface area contributed by atoms with Crippen molar-refractivity contribution in [3.63, 3.8) is 0 Å². The minimum atomic E-state index is -1.80. The molecule has 0 spiro atoms. The first-order valence-electron chi connectivity index (χ1n) is 28.3. The van der Waals surface area contributed by atoms with Crippen molar-refractivity contribution in [2.24, 2.45) is 0 Å². The van der Waals surface area contributed by atoms with Crippen molar-refractivity contribution in [2.75, 3.05) is 19.8 Å². The molecule has 75 heavy (non-hydrogen) atoms. The van der Waals surface area contributed by atoms with E-state index in [2.05, 4.69) is 129 Å². The molecule has 0 aromatic carbocycles. The molecule has 2 saturated heterocycles. The molecule has 2 aliphatic heterocycles. The molecule has 9 N–H and O–H groups in total. The predicted octanol–water partition coefficient (Wildman–Crippen LogP) is 9.05. The third kappa shape index (κ3) is 31.4. The monoisotopic (exact) mass is 1050 g/mol. The topological polar surface area (TPSA) is 228 Å². The summed E-state index contributed by atoms with van der Waals surface area (Å²) in [5.74, 6) is -0.280. The van der Waals surface area contributed by atoms with E-state index >= 15 is 0 Å². The fraction of sp³-hybridized carbons (Fsp3) is 0.656. The number of hydrogen-bond acceptors (Lipinski definition) is 13. The number of ether oxygens (including phenoxy) is 4. The largest absolute Gasteiger partial charge is 0.394 e. The van der Waals surface area contributed by atoms with Gasteiger partial charge in [0.1, 0.15) is 48.8 Å². The van der Waals surface area contributed by atoms with Crippen LogP contribution in [-0.2, 0) is 23.7 Å². The van der Waals surface area contributed by atoms with E-state index in [0.29, 0.717) is 6.42 Å². The molecule has 2 rings (SSSR count). The number of nitrogens with one attached hydrogen (secondary N) is 1. The van der Waals surface area contributed by atoms with Crippen LogP contribution in [-0.4, -0.2) is 140 Å². The molecule has 2 aliphatic rings. The maximum absolute atomic E-state index is 13.2. The molecule has 0 aromatic rings. The first kappa shape index (κ1) is 67.5. The molecule has 2 heterocycles. The van der Waals surface area contributed by atoms with Crippen LogP contribution in [0.3, 0.4) is 0 Å². The van der Waals surface area contributed by atoms with Crippen molar-refractivity contribution in [3.05, 3.63) is 122 Å². The molecule has 0 radical (unpaired) electrons. The first-order chi connectivity index (χ1) is 36.6. The Morgan fingerprint density at radius 3 is 1.41 bits per heavy atom. The van der Waals surface area contributed by atoms with Crippen LogP contribution in [0.25, 0.3) is 0 Å². The normalized spacial score (nSPS) is 26.0. The molecule has 14 nitrogen and oxygen atoms in total. The van der Waals surface area contributed by atoms with Crippen molar-refractivity contribution in [1.82, 2.24) is 5.32 Å². The van der Waals surface area contributed by atoms with Gasteiger partial charge >= 0.3 is 0 Å². The van der Waals surface area contributed by atoms with E-state index in [0.717, 1.165) is 103 Å². The number of carbonyl (C=O) groups excluding carboxylic acids is 1. The number of aliphatic hydroxyl groups is 8. The molecule has 0 aliphatic carbocycles. The fourth-order valence-corrected chi connectivity index (χ4v) is 8.34. The van der Waals surface area contributed by atoms with Gasteiger partial charge < -0.3 is 65.1 Å². The third-order valence-corrected chi connectivity index (χ3v) is 12.9. The quantitative estimate of drug-likeness (QED) is 0.0206. The van der Waals surface area contributed by atoms with Crippen LogP contribution in [0, 0.1) is 0 Å². The number of unbranched alkanes of at least 4 members (excludes halogenated alkanes) is 11. The predicted molar refractivity (Wildman–Crippen MR) is 299 cm³/mol. The summed E-state index contributed by atoms with van der Waals surface area (Å²) >= 11 is 0. The molecular weight excluding hydrogens is 955 g/mol. The zero-order chi connectivity index (χ0) is 54.6. The van der Waals surface area contributed by atoms with Crippen molar-refractivity contribution in [1.29, 1.82) is 0 Å². The van der Waals surface area contributed by atoms with Gasteiger partial charge in [-0.3, -0.25) is 4.79 Å². The lowest BCUT2D eigenvalue weighted by Crippen LogP contribution is -2.65. The van der Waals surface area contributed by atoms with Crippen molar-refractivity contribution < 1.29 is 64.6 Å². The maximum atomic E-state index is 13.2. The molecule has 1 amide bonds. The zero-order valence-electron chi connectivity index (χ0n) is 45.5. The van der Waals surface area contributed by atoms with Crippen LogP contribution in [0.4, 0.5) is 0 Å². The highest BCUT2D eigenvalue weighted by molar-refractivity contribution is 5.76. The van der Waals surface area contributed by atoms with Crippen LogP contribution in [0.2, 0.25) is 0 Å². The standard InChI is InChI=1S/C61H99NO13/c1-3-5-7-9-11-13-15-16-17-18-19-20-21-22-23-24-25-26-27-28-29-30-31-32-33-34-35-37-39-41-43-45-53(66)62-49(50(65)44-42-40-38-36-14-12-10-8-6-4-2)48-72-60-58(71)56(69)59(52(47-64)74-60)75-61-57(70)55(68)54(67)51(46-63)73-61/h5,7,11,13,16-17,19-20,22-23,25-26,28-29,31-32,34-35,42,44,49-52,54-61,63-65,67-71H,3-4,6,8-10,12,14-15,18,21,24,27,30,33,36-41,43,45-48H2,1-2H3,(H,62,66)/b7-5-,13-11-,17-16-,20-19-,23-22-,26-25-,29-28-,32-31-,35-34-,44-42+. The molecule has 0 saturated carbocycles. The summed E-state index contributed by atoms with van der Waals surface area (Å²) in [6.45, 7) is 2.59. The Morgan fingerprint density at radius 1 is 0.493 bits per heavy atom. The highest BCUT2D eigenvalue weighted by atomic mass is 16.7. The summed E-state index contributed by atoms with van der Waals surface area (Å²) in [6, 6.07) is -0.940. The van der Waals surface area contributed by atoms with Crippen molar-refractivity contribution in [2.45, 2.75) is 235 Å². The molecule has 14 heteroatoms. The number of rotatable bonds is 42. The second-order valence-electron chi connectivity index (χ2n) is 19.3. The molecule has 12 atom stereocenters. The summed E-state index contributed by atoms with van der Waals surface area (Å²) in [4.78, 5) is 13.2. The van der Waals surface area contributed by atoms with E-state index in [1.54, 1.807) is 6.08 Å². The zero-order valence-corrected chi connectivity index (χ0v) is 45.5. The van der Waals surface area contributed by atoms with E-state index in [1.807, 2.05) is 6.08 Å². The van der Waals surface area contributed by atoms with Gasteiger partial charge in [0.2, 0.25) is 5.91 Å². The summed E-state index contributed by atoms with van der Waals surface area (Å²) in [5, 5.41) is 86.7. The lowest BCUT2D eigenvalue weighted by molar-refractivity contribution is -0.359. The van der Waals surface area contributed by atoms with Gasteiger partial charge in [-0.05, 0) is 89.9 Å². The van der Waals surface area contributed by atoms with E-state index in [-0.39, 0.29) is 18.9 Å². The van der Waals surface area contributed by atoms with Gasteiger partial charge in [0.25, 0.3) is 0 Å². The number of aliphatic hydroxyl groups excluding tert-OH is 8. The summed E-state index contributed by atoms with van der Waals surface area (Å²) in [6.07, 6.45) is 48.2. The molecule has 2 fully saturated rings. The number of amides is 1. The molecule has 0 bridgehead atoms. The van der Waals surface area contributed by atoms with Gasteiger partial charge in [0.15, 0.2) is 12.6 Å². The van der Waals surface area contributed by atoms with Gasteiger partial charge in [-0.2, -0.15) is 0 Å². The van der Waals surface area contributed by atoms with Crippen LogP contribution >= 0.6 is 0 Å². The summed E-state index contributed by atoms with van der Waals surface area (Å²) < 4.78 is 22.7. The minimum absolute atomic E-state index is 0.232. The summed E-state index contributed by atoms with van der Waals surface area (Å²) in [7, 11) is 0. The number of allylic oxidation sites excluding steroid dienone is 19. The highest BCUT2D eigenvalue weighted by Crippen LogP contribution is 2.30. The Bertz CT molecular complexity index is 1720. The first-order valence-corrected chi connectivity index (χ1v) is 28.3. The van der Waals surface area contributed by atoms with E-state index < -0.39 is 86.8 Å². The molecular formula is C61H99NO13. The van der Waals surface area contributed by atoms with Gasteiger partial charge in [0.05, 0.1) is 32.0 Å². The lowest BCUT2D eigenvalue weighted by atomic mass is 9.97. The average molecular weight is 1050 g/mol. The molecule has 0 aromatic heterocycles. The lowest BCUT2D eigenvalue weighted by Gasteiger charge is -2.46. The fourth-order valence-electron chi connectivity index (χ4n) is 8.34. The Labute approximate surface area is 450 Å². The van der Waals surface area contributed by atoms with E-state index in [1.165, 1.54) is 32.1 Å². The average Bonchev–Trinajstić information content (AvgIpc) is 3.41. The number of carbonyl (C=O) groups is 1. The molecule has 12 unspecified atom stereocenters. The molecule has 426 valence electrons. The van der Waals surface area contributed by atoms with Crippen LogP contribution in [0.15, 0.2) is 122 Å². The maximum Gasteiger partial charge on any atom is 0.220 e. The van der Waals surface area contributed by atoms with Crippen LogP contribution < -0.4 is 5.32 Å². The SMILES string of the molecule is CC/C=C\C/C=C\C/C=C\C/C=C\C/C=C\C/C=C\C/C=C\C/C=C\C/C=C\CCCCCC(=O)NC(COC1OC(CO)C(OC2OC(CO)C(O)C(O)C2O)C(O)C1O)C(O)/C=C/CCCCCCCCCC. The van der Waals surface area contributed by atoms with Crippen LogP contribution in [0.1, 0.15) is 162 Å². The number of hydrogen-bond donors (Lipinski definition) is 9. The Hall–Kier alpha value is -3.61. The van der Waals surface area contributed by atoms with Gasteiger partial charge in [-0.15, -0.1) is 0 Å². The van der Waals surface area contributed by atoms with Crippen molar-refractivity contribution in [3.8, 4) is 0 Å². The van der Waals surface area contributed by atoms with E-state index in [4.69, 9.17) is 18.9 Å². The second kappa shape index (κ2) is 45.4. The Morgan fingerprint density at radius 2 is 0.920 bits per heavy atom. The third-order valence-electron chi connectivity index (χ3n) is 12.9. The Balaban J connectivity index is 1.73. The van der Waals surface area contributed by atoms with E-state index in [9.17, 15) is 45.6 Å². The van der Waals surface area contributed by atoms with Crippen molar-refractivity contribution >= 4 is 5.91 Å². The summed E-state index contributed by atoms with van der Waals surface area (Å²) in [5.41, 5.74) is 0.